The van der Waals surface area contributed by atoms with E-state index in [-0.39, 0.29) is 35.9 Å². The van der Waals surface area contributed by atoms with Crippen molar-refractivity contribution in [2.75, 3.05) is 12.8 Å². The zero-order valence-electron chi connectivity index (χ0n) is 14.4. The molecule has 0 aromatic heterocycles. The van der Waals surface area contributed by atoms with Crippen LogP contribution in [-0.2, 0) is 16.1 Å². The summed E-state index contributed by atoms with van der Waals surface area (Å²) in [5, 5.41) is 6.39. The molecule has 2 aliphatic heterocycles. The SMILES string of the molecule is CSc1cccc(CN[C@H]2C[C@H]3C(=O)N[C@H](C(C)C)C(=O)N3C2)c1. The van der Waals surface area contributed by atoms with Crippen LogP contribution >= 0.6 is 11.8 Å². The molecule has 0 radical (unpaired) electrons. The van der Waals surface area contributed by atoms with Crippen molar-refractivity contribution in [3.8, 4) is 0 Å². The Hall–Kier alpha value is -1.53. The van der Waals surface area contributed by atoms with Crippen LogP contribution in [0.1, 0.15) is 25.8 Å². The van der Waals surface area contributed by atoms with Crippen LogP contribution in [-0.4, -0.2) is 47.6 Å². The van der Waals surface area contributed by atoms with E-state index in [1.807, 2.05) is 13.8 Å². The highest BCUT2D eigenvalue weighted by atomic mass is 32.2. The molecule has 0 aliphatic carbocycles. The van der Waals surface area contributed by atoms with Crippen LogP contribution in [0.5, 0.6) is 0 Å². The summed E-state index contributed by atoms with van der Waals surface area (Å²) in [4.78, 5) is 27.9. The predicted octanol–water partition coefficient (Wildman–Crippen LogP) is 1.62. The van der Waals surface area contributed by atoms with Crippen LogP contribution in [0, 0.1) is 5.92 Å². The third-order valence-corrected chi connectivity index (χ3v) is 5.57. The number of hydrogen-bond acceptors (Lipinski definition) is 4. The smallest absolute Gasteiger partial charge is 0.246 e. The minimum Gasteiger partial charge on any atom is -0.342 e. The van der Waals surface area contributed by atoms with E-state index < -0.39 is 0 Å². The average Bonchev–Trinajstić information content (AvgIpc) is 3.01. The standard InChI is InChI=1S/C18H25N3O2S/c1-11(2)16-18(23)21-10-13(8-15(21)17(22)20-16)19-9-12-5-4-6-14(7-12)24-3/h4-7,11,13,15-16,19H,8-10H2,1-3H3,(H,20,22)/t13-,15-,16+/m0/s1. The molecule has 0 saturated carbocycles. The highest BCUT2D eigenvalue weighted by Crippen LogP contribution is 2.25. The van der Waals surface area contributed by atoms with Crippen LogP contribution in [0.2, 0.25) is 0 Å². The summed E-state index contributed by atoms with van der Waals surface area (Å²) in [5.41, 5.74) is 1.22. The van der Waals surface area contributed by atoms with Crippen LogP contribution < -0.4 is 10.6 Å². The van der Waals surface area contributed by atoms with E-state index in [1.54, 1.807) is 16.7 Å². The van der Waals surface area contributed by atoms with E-state index in [0.717, 1.165) is 6.54 Å². The molecule has 0 bridgehead atoms. The Kier molecular flexibility index (Phi) is 5.15. The van der Waals surface area contributed by atoms with Gasteiger partial charge in [0.15, 0.2) is 0 Å². The molecule has 2 N–H and O–H groups in total. The van der Waals surface area contributed by atoms with Crippen LogP contribution in [0.4, 0.5) is 0 Å². The maximum atomic E-state index is 12.6. The first kappa shape index (κ1) is 17.3. The van der Waals surface area contributed by atoms with Crippen LogP contribution in [0.25, 0.3) is 0 Å². The molecule has 2 amide bonds. The zero-order valence-corrected chi connectivity index (χ0v) is 15.2. The molecule has 1 aromatic rings. The highest BCUT2D eigenvalue weighted by molar-refractivity contribution is 7.98. The van der Waals surface area contributed by atoms with E-state index in [1.165, 1.54) is 10.5 Å². The van der Waals surface area contributed by atoms with E-state index in [9.17, 15) is 9.59 Å². The third kappa shape index (κ3) is 3.44. The Morgan fingerprint density at radius 1 is 1.38 bits per heavy atom. The summed E-state index contributed by atoms with van der Waals surface area (Å²) in [6.07, 6.45) is 2.75. The van der Waals surface area contributed by atoms with Gasteiger partial charge in [-0.1, -0.05) is 26.0 Å². The second kappa shape index (κ2) is 7.15. The van der Waals surface area contributed by atoms with Crippen molar-refractivity contribution in [2.45, 2.75) is 49.8 Å². The quantitative estimate of drug-likeness (QED) is 0.795. The topological polar surface area (TPSA) is 61.4 Å². The molecule has 2 heterocycles. The second-order valence-electron chi connectivity index (χ2n) is 6.90. The van der Waals surface area contributed by atoms with Crippen molar-refractivity contribution in [3.63, 3.8) is 0 Å². The molecule has 6 heteroatoms. The molecule has 1 aromatic carbocycles. The van der Waals surface area contributed by atoms with Gasteiger partial charge in [-0.25, -0.2) is 0 Å². The van der Waals surface area contributed by atoms with Gasteiger partial charge in [-0.2, -0.15) is 0 Å². The molecule has 130 valence electrons. The summed E-state index contributed by atoms with van der Waals surface area (Å²) in [5.74, 6) is 0.161. The lowest BCUT2D eigenvalue weighted by Gasteiger charge is -2.36. The van der Waals surface area contributed by atoms with Gasteiger partial charge in [-0.15, -0.1) is 11.8 Å². The van der Waals surface area contributed by atoms with Gasteiger partial charge in [0.25, 0.3) is 0 Å². The Morgan fingerprint density at radius 2 is 2.17 bits per heavy atom. The fourth-order valence-corrected chi connectivity index (χ4v) is 3.95. The first-order valence-corrected chi connectivity index (χ1v) is 9.69. The molecular weight excluding hydrogens is 322 g/mol. The van der Waals surface area contributed by atoms with Crippen molar-refractivity contribution in [1.82, 2.24) is 15.5 Å². The number of fused-ring (bicyclic) bond motifs is 1. The third-order valence-electron chi connectivity index (χ3n) is 4.85. The van der Waals surface area contributed by atoms with E-state index in [2.05, 4.69) is 41.2 Å². The predicted molar refractivity (Wildman–Crippen MR) is 95.7 cm³/mol. The van der Waals surface area contributed by atoms with Crippen LogP contribution in [0.15, 0.2) is 29.2 Å². The number of nitrogens with zero attached hydrogens (tertiary/aromatic N) is 1. The van der Waals surface area contributed by atoms with Crippen molar-refractivity contribution in [3.05, 3.63) is 29.8 Å². The molecule has 2 aliphatic rings. The molecule has 3 rings (SSSR count). The molecule has 5 nitrogen and oxygen atoms in total. The number of benzene rings is 1. The van der Waals surface area contributed by atoms with E-state index in [0.29, 0.717) is 13.0 Å². The van der Waals surface area contributed by atoms with Gasteiger partial charge in [0.05, 0.1) is 0 Å². The summed E-state index contributed by atoms with van der Waals surface area (Å²) >= 11 is 1.73. The second-order valence-corrected chi connectivity index (χ2v) is 7.78. The lowest BCUT2D eigenvalue weighted by Crippen LogP contribution is -2.62. The lowest BCUT2D eigenvalue weighted by atomic mass is 9.98. The fourth-order valence-electron chi connectivity index (χ4n) is 3.46. The summed E-state index contributed by atoms with van der Waals surface area (Å²) in [6.45, 7) is 5.30. The lowest BCUT2D eigenvalue weighted by molar-refractivity contribution is -0.148. The fraction of sp³-hybridized carbons (Fsp3) is 0.556. The zero-order chi connectivity index (χ0) is 17.3. The number of thioether (sulfide) groups is 1. The number of hydrogen-bond donors (Lipinski definition) is 2. The molecule has 0 spiro atoms. The van der Waals surface area contributed by atoms with E-state index in [4.69, 9.17) is 0 Å². The molecular formula is C18H25N3O2S. The highest BCUT2D eigenvalue weighted by Gasteiger charge is 2.46. The number of carbonyl (C=O) groups is 2. The molecule has 24 heavy (non-hydrogen) atoms. The number of rotatable bonds is 5. The monoisotopic (exact) mass is 347 g/mol. The summed E-state index contributed by atoms with van der Waals surface area (Å²) in [7, 11) is 0. The number of nitrogens with one attached hydrogen (secondary N) is 2. The number of piperazine rings is 1. The first-order chi connectivity index (χ1) is 11.5. The van der Waals surface area contributed by atoms with Gasteiger partial charge < -0.3 is 15.5 Å². The Bertz CT molecular complexity index is 634. The van der Waals surface area contributed by atoms with Gasteiger partial charge in [0.1, 0.15) is 12.1 Å². The Morgan fingerprint density at radius 3 is 2.88 bits per heavy atom. The maximum absolute atomic E-state index is 12.6. The number of carbonyl (C=O) groups excluding carboxylic acids is 2. The summed E-state index contributed by atoms with van der Waals surface area (Å²) < 4.78 is 0. The molecule has 3 atom stereocenters. The Labute approximate surface area is 147 Å². The normalized spacial score (nSPS) is 26.7. The van der Waals surface area contributed by atoms with Gasteiger partial charge in [0, 0.05) is 24.0 Å². The van der Waals surface area contributed by atoms with Crippen molar-refractivity contribution in [2.24, 2.45) is 5.92 Å². The number of amides is 2. The summed E-state index contributed by atoms with van der Waals surface area (Å²) in [6, 6.07) is 7.89. The minimum atomic E-state index is -0.384. The van der Waals surface area contributed by atoms with Gasteiger partial charge in [0.2, 0.25) is 11.8 Å². The van der Waals surface area contributed by atoms with Crippen molar-refractivity contribution < 1.29 is 9.59 Å². The van der Waals surface area contributed by atoms with Crippen molar-refractivity contribution in [1.29, 1.82) is 0 Å². The molecule has 2 saturated heterocycles. The largest absolute Gasteiger partial charge is 0.342 e. The first-order valence-electron chi connectivity index (χ1n) is 8.46. The van der Waals surface area contributed by atoms with Gasteiger partial charge in [-0.3, -0.25) is 9.59 Å². The average molecular weight is 347 g/mol. The maximum Gasteiger partial charge on any atom is 0.246 e. The van der Waals surface area contributed by atoms with Gasteiger partial charge >= 0.3 is 0 Å². The minimum absolute atomic E-state index is 0.0121. The molecule has 0 unspecified atom stereocenters. The molecule has 2 fully saturated rings. The van der Waals surface area contributed by atoms with E-state index >= 15 is 0 Å². The van der Waals surface area contributed by atoms with Crippen molar-refractivity contribution >= 4 is 23.6 Å². The van der Waals surface area contributed by atoms with Crippen LogP contribution in [0.3, 0.4) is 0 Å². The Balaban J connectivity index is 1.62. The van der Waals surface area contributed by atoms with Gasteiger partial charge in [-0.05, 0) is 36.3 Å².